The number of aromatic nitrogens is 4. The van der Waals surface area contributed by atoms with Gasteiger partial charge in [-0.05, 0) is 31.5 Å². The Morgan fingerprint density at radius 1 is 1.22 bits per heavy atom. The van der Waals surface area contributed by atoms with Gasteiger partial charge in [0.25, 0.3) is 5.56 Å². The lowest BCUT2D eigenvalue weighted by Crippen LogP contribution is -2.22. The third-order valence-corrected chi connectivity index (χ3v) is 4.44. The average Bonchev–Trinajstić information content (AvgIpc) is 3.07. The molecule has 0 aliphatic heterocycles. The Hall–Kier alpha value is -3.23. The van der Waals surface area contributed by atoms with Crippen LogP contribution in [0.15, 0.2) is 41.2 Å². The molecule has 2 aromatic heterocycles. The lowest BCUT2D eigenvalue weighted by atomic mass is 10.00. The maximum absolute atomic E-state index is 12.0. The molecule has 1 unspecified atom stereocenters. The molecule has 0 saturated carbocycles. The van der Waals surface area contributed by atoms with Gasteiger partial charge in [0.1, 0.15) is 0 Å². The molecule has 0 fully saturated rings. The number of aliphatic hydroxyl groups is 1. The molecule has 0 bridgehead atoms. The van der Waals surface area contributed by atoms with Gasteiger partial charge in [0.05, 0.1) is 22.1 Å². The minimum absolute atomic E-state index is 0.218. The summed E-state index contributed by atoms with van der Waals surface area (Å²) in [5, 5.41) is 20.7. The number of fused-ring (bicyclic) bond motifs is 2. The van der Waals surface area contributed by atoms with Crippen LogP contribution in [0.3, 0.4) is 0 Å². The van der Waals surface area contributed by atoms with E-state index in [2.05, 4.69) is 25.5 Å². The Morgan fingerprint density at radius 3 is 2.78 bits per heavy atom. The maximum Gasteiger partial charge on any atom is 0.272 e. The molecular formula is C19H19N5O3. The quantitative estimate of drug-likeness (QED) is 0.404. The van der Waals surface area contributed by atoms with Crippen molar-refractivity contribution in [1.82, 2.24) is 20.2 Å². The molecule has 0 aliphatic rings. The van der Waals surface area contributed by atoms with Crippen molar-refractivity contribution in [1.29, 1.82) is 0 Å². The first-order valence-corrected chi connectivity index (χ1v) is 8.61. The normalized spacial score (nSPS) is 12.6. The number of H-pyrrole nitrogens is 2. The highest BCUT2D eigenvalue weighted by molar-refractivity contribution is 5.97. The number of ether oxygens (including phenoxy) is 1. The fourth-order valence-electron chi connectivity index (χ4n) is 3.17. The van der Waals surface area contributed by atoms with Gasteiger partial charge in [0.2, 0.25) is 12.4 Å². The second-order valence-corrected chi connectivity index (χ2v) is 6.12. The summed E-state index contributed by atoms with van der Waals surface area (Å²) in [4.78, 5) is 19.7. The summed E-state index contributed by atoms with van der Waals surface area (Å²) in [5.74, 6) is 0.408. The van der Waals surface area contributed by atoms with E-state index in [1.54, 1.807) is 13.0 Å². The highest BCUT2D eigenvalue weighted by Crippen LogP contribution is 2.31. The van der Waals surface area contributed by atoms with E-state index < -0.39 is 6.41 Å². The van der Waals surface area contributed by atoms with E-state index in [1.807, 2.05) is 37.3 Å². The van der Waals surface area contributed by atoms with E-state index in [4.69, 9.17) is 4.74 Å². The van der Waals surface area contributed by atoms with Crippen LogP contribution in [0.2, 0.25) is 0 Å². The summed E-state index contributed by atoms with van der Waals surface area (Å²) in [6.07, 6.45) is -1.14. The fourth-order valence-corrected chi connectivity index (χ4v) is 3.17. The number of nitrogens with zero attached hydrogens (tertiary/aromatic N) is 2. The Balaban J connectivity index is 1.83. The van der Waals surface area contributed by atoms with Crippen LogP contribution in [0.1, 0.15) is 12.5 Å². The van der Waals surface area contributed by atoms with Gasteiger partial charge in [-0.2, -0.15) is 5.10 Å². The van der Waals surface area contributed by atoms with Crippen LogP contribution in [-0.2, 0) is 4.74 Å². The Labute approximate surface area is 154 Å². The maximum atomic E-state index is 12.0. The number of aryl methyl sites for hydroxylation is 1. The largest absolute Gasteiger partial charge is 0.351 e. The zero-order chi connectivity index (χ0) is 19.0. The fraction of sp³-hybridized carbons (Fsp3) is 0.211. The highest BCUT2D eigenvalue weighted by Gasteiger charge is 2.15. The van der Waals surface area contributed by atoms with Crippen molar-refractivity contribution in [2.24, 2.45) is 0 Å². The zero-order valence-electron chi connectivity index (χ0n) is 14.9. The highest BCUT2D eigenvalue weighted by atomic mass is 16.6. The molecule has 0 aliphatic carbocycles. The Bertz CT molecular complexity index is 1180. The number of anilines is 1. The standard InChI is InChI=1S/C19H19N5O3/c1-3-27-19(26)22-18-20-14-9-8-11(10(2)15(14)21-18)16-12-6-4-5-7-13(12)17(25)24-23-16/h4-9,19,26H,3H2,1-2H3,(H,24,25)(H2,20,21,22). The van der Waals surface area contributed by atoms with E-state index in [-0.39, 0.29) is 5.56 Å². The first-order chi connectivity index (χ1) is 13.1. The van der Waals surface area contributed by atoms with E-state index in [0.29, 0.717) is 23.6 Å². The number of benzene rings is 2. The van der Waals surface area contributed by atoms with Gasteiger partial charge in [-0.15, -0.1) is 0 Å². The van der Waals surface area contributed by atoms with Crippen molar-refractivity contribution in [3.05, 3.63) is 52.3 Å². The van der Waals surface area contributed by atoms with Gasteiger partial charge in [0.15, 0.2) is 0 Å². The lowest BCUT2D eigenvalue weighted by molar-refractivity contribution is -0.0734. The summed E-state index contributed by atoms with van der Waals surface area (Å²) in [6.45, 7) is 4.12. The Kier molecular flexibility index (Phi) is 4.35. The topological polar surface area (TPSA) is 116 Å². The molecule has 4 N–H and O–H groups in total. The second-order valence-electron chi connectivity index (χ2n) is 6.12. The number of imidazole rings is 1. The molecule has 0 saturated heterocycles. The van der Waals surface area contributed by atoms with Crippen LogP contribution < -0.4 is 10.9 Å². The number of aliphatic hydroxyl groups excluding tert-OH is 1. The molecule has 138 valence electrons. The van der Waals surface area contributed by atoms with Gasteiger partial charge in [-0.1, -0.05) is 24.3 Å². The van der Waals surface area contributed by atoms with Crippen LogP contribution in [-0.4, -0.2) is 38.3 Å². The number of aromatic amines is 2. The van der Waals surface area contributed by atoms with Crippen molar-refractivity contribution in [3.8, 4) is 11.3 Å². The SMILES string of the molecule is CCOC(O)Nc1nc2c(C)c(-c3n[nH]c(=O)c4ccccc34)ccc2[nH]1. The molecule has 0 amide bonds. The van der Waals surface area contributed by atoms with Gasteiger partial charge in [0, 0.05) is 17.6 Å². The first kappa shape index (κ1) is 17.2. The van der Waals surface area contributed by atoms with Crippen molar-refractivity contribution in [2.45, 2.75) is 20.3 Å². The number of hydrogen-bond donors (Lipinski definition) is 4. The molecule has 0 spiro atoms. The van der Waals surface area contributed by atoms with Crippen molar-refractivity contribution < 1.29 is 9.84 Å². The number of nitrogens with one attached hydrogen (secondary N) is 3. The molecule has 2 aromatic carbocycles. The van der Waals surface area contributed by atoms with Crippen LogP contribution in [0, 0.1) is 6.92 Å². The Morgan fingerprint density at radius 2 is 2.00 bits per heavy atom. The molecule has 8 nitrogen and oxygen atoms in total. The predicted octanol–water partition coefficient (Wildman–Crippen LogP) is 2.50. The average molecular weight is 365 g/mol. The molecule has 0 radical (unpaired) electrons. The second kappa shape index (κ2) is 6.82. The molecule has 8 heteroatoms. The van der Waals surface area contributed by atoms with Crippen LogP contribution in [0.25, 0.3) is 33.1 Å². The van der Waals surface area contributed by atoms with E-state index in [1.165, 1.54) is 0 Å². The van der Waals surface area contributed by atoms with Gasteiger partial charge in [-0.3, -0.25) is 4.79 Å². The number of hydrogen-bond acceptors (Lipinski definition) is 6. The summed E-state index contributed by atoms with van der Waals surface area (Å²) < 4.78 is 5.07. The smallest absolute Gasteiger partial charge is 0.272 e. The molecular weight excluding hydrogens is 346 g/mol. The number of rotatable bonds is 5. The molecule has 4 rings (SSSR count). The predicted molar refractivity (Wildman–Crippen MR) is 103 cm³/mol. The minimum atomic E-state index is -1.14. The third kappa shape index (κ3) is 3.05. The van der Waals surface area contributed by atoms with Crippen LogP contribution in [0.5, 0.6) is 0 Å². The summed E-state index contributed by atoms with van der Waals surface area (Å²) in [7, 11) is 0. The van der Waals surface area contributed by atoms with Gasteiger partial charge in [-0.25, -0.2) is 10.1 Å². The monoisotopic (exact) mass is 365 g/mol. The summed E-state index contributed by atoms with van der Waals surface area (Å²) in [6, 6.07) is 11.2. The molecule has 27 heavy (non-hydrogen) atoms. The molecule has 4 aromatic rings. The van der Waals surface area contributed by atoms with Gasteiger partial charge >= 0.3 is 0 Å². The van der Waals surface area contributed by atoms with Crippen molar-refractivity contribution in [3.63, 3.8) is 0 Å². The van der Waals surface area contributed by atoms with Crippen molar-refractivity contribution in [2.75, 3.05) is 11.9 Å². The van der Waals surface area contributed by atoms with Crippen LogP contribution in [0.4, 0.5) is 5.95 Å². The third-order valence-electron chi connectivity index (χ3n) is 4.44. The lowest BCUT2D eigenvalue weighted by Gasteiger charge is -2.10. The van der Waals surface area contributed by atoms with Gasteiger partial charge < -0.3 is 20.1 Å². The minimum Gasteiger partial charge on any atom is -0.351 e. The van der Waals surface area contributed by atoms with E-state index in [9.17, 15) is 9.90 Å². The van der Waals surface area contributed by atoms with Crippen molar-refractivity contribution >= 4 is 27.8 Å². The van der Waals surface area contributed by atoms with E-state index >= 15 is 0 Å². The zero-order valence-corrected chi connectivity index (χ0v) is 14.9. The molecule has 1 atom stereocenters. The summed E-state index contributed by atoms with van der Waals surface area (Å²) in [5.41, 5.74) is 3.82. The van der Waals surface area contributed by atoms with Crippen LogP contribution >= 0.6 is 0 Å². The molecule has 2 heterocycles. The summed E-state index contributed by atoms with van der Waals surface area (Å²) >= 11 is 0. The van der Waals surface area contributed by atoms with E-state index in [0.717, 1.165) is 27.5 Å². The first-order valence-electron chi connectivity index (χ1n) is 8.61.